The second-order valence-corrected chi connectivity index (χ2v) is 6.46. The van der Waals surface area contributed by atoms with Crippen LogP contribution in [0.15, 0.2) is 18.2 Å². The minimum atomic E-state index is -0.597. The lowest BCUT2D eigenvalue weighted by atomic mass is 10.1. The highest BCUT2D eigenvalue weighted by Crippen LogP contribution is 2.20. The summed E-state index contributed by atoms with van der Waals surface area (Å²) in [6, 6.07) is 3.52. The molecule has 0 aliphatic carbocycles. The number of halogens is 1. The summed E-state index contributed by atoms with van der Waals surface area (Å²) >= 11 is 0. The minimum Gasteiger partial charge on any atom is -0.496 e. The number of ether oxygens (including phenoxy) is 3. The number of Topliss-reactive ketones (excluding diaryl/α,β-unsaturated/α-hetero) is 1. The predicted molar refractivity (Wildman–Crippen MR) is 91.7 cm³/mol. The Balaban J connectivity index is 2.33. The maximum absolute atomic E-state index is 13.3. The maximum atomic E-state index is 13.3. The van der Waals surface area contributed by atoms with Crippen molar-refractivity contribution in [3.63, 3.8) is 0 Å². The summed E-state index contributed by atoms with van der Waals surface area (Å²) in [5, 5.41) is 2.51. The smallest absolute Gasteiger partial charge is 0.407 e. The third-order valence-electron chi connectivity index (χ3n) is 3.05. The minimum absolute atomic E-state index is 0.00638. The van der Waals surface area contributed by atoms with Gasteiger partial charge in [0.25, 0.3) is 0 Å². The summed E-state index contributed by atoms with van der Waals surface area (Å²) in [6.45, 7) is 4.95. The van der Waals surface area contributed by atoms with Crippen molar-refractivity contribution in [3.8, 4) is 5.75 Å². The summed E-state index contributed by atoms with van der Waals surface area (Å²) in [4.78, 5) is 35.1. The summed E-state index contributed by atoms with van der Waals surface area (Å²) in [5.41, 5.74) is -0.590. The largest absolute Gasteiger partial charge is 0.496 e. The zero-order chi connectivity index (χ0) is 19.7. The first-order chi connectivity index (χ1) is 12.1. The zero-order valence-corrected chi connectivity index (χ0v) is 15.4. The lowest BCUT2D eigenvalue weighted by Crippen LogP contribution is -2.33. The topological polar surface area (TPSA) is 90.9 Å². The Labute approximate surface area is 151 Å². The molecule has 1 N–H and O–H groups in total. The van der Waals surface area contributed by atoms with Gasteiger partial charge in [0.05, 0.1) is 12.7 Å². The molecule has 0 spiro atoms. The van der Waals surface area contributed by atoms with Gasteiger partial charge in [-0.25, -0.2) is 9.18 Å². The fourth-order valence-corrected chi connectivity index (χ4v) is 1.93. The SMILES string of the molecule is COc1ccc(F)cc1C(=O)COC(=O)CCCNC(=O)OC(C)(C)C. The molecular formula is C18H24FNO6. The van der Waals surface area contributed by atoms with Gasteiger partial charge in [0, 0.05) is 13.0 Å². The van der Waals surface area contributed by atoms with E-state index in [1.165, 1.54) is 19.2 Å². The van der Waals surface area contributed by atoms with E-state index in [1.807, 2.05) is 0 Å². The molecule has 0 aliphatic rings. The maximum Gasteiger partial charge on any atom is 0.407 e. The first-order valence-electron chi connectivity index (χ1n) is 8.11. The lowest BCUT2D eigenvalue weighted by molar-refractivity contribution is -0.142. The predicted octanol–water partition coefficient (Wildman–Crippen LogP) is 2.87. The van der Waals surface area contributed by atoms with Crippen LogP contribution in [0.25, 0.3) is 0 Å². The normalized spacial score (nSPS) is 10.8. The van der Waals surface area contributed by atoms with E-state index in [0.29, 0.717) is 6.42 Å². The van der Waals surface area contributed by atoms with Gasteiger partial charge in [0.15, 0.2) is 6.61 Å². The number of carbonyl (C=O) groups excluding carboxylic acids is 3. The van der Waals surface area contributed by atoms with E-state index in [0.717, 1.165) is 6.07 Å². The first kappa shape index (κ1) is 21.4. The Morgan fingerprint density at radius 1 is 1.19 bits per heavy atom. The number of nitrogens with one attached hydrogen (secondary N) is 1. The second kappa shape index (κ2) is 9.74. The molecule has 0 bridgehead atoms. The third-order valence-corrected chi connectivity index (χ3v) is 3.05. The number of amides is 1. The van der Waals surface area contributed by atoms with Gasteiger partial charge >= 0.3 is 12.1 Å². The van der Waals surface area contributed by atoms with Crippen LogP contribution in [-0.2, 0) is 14.3 Å². The van der Waals surface area contributed by atoms with Gasteiger partial charge in [-0.05, 0) is 45.4 Å². The number of esters is 1. The summed E-state index contributed by atoms with van der Waals surface area (Å²) in [6.07, 6.45) is -0.224. The van der Waals surface area contributed by atoms with Crippen LogP contribution in [-0.4, -0.2) is 43.7 Å². The van der Waals surface area contributed by atoms with Crippen molar-refractivity contribution in [2.24, 2.45) is 0 Å². The second-order valence-electron chi connectivity index (χ2n) is 6.46. The Kier molecular flexibility index (Phi) is 8.02. The molecule has 7 nitrogen and oxygen atoms in total. The van der Waals surface area contributed by atoms with Crippen LogP contribution in [0.3, 0.4) is 0 Å². The van der Waals surface area contributed by atoms with E-state index in [4.69, 9.17) is 14.2 Å². The molecule has 0 radical (unpaired) electrons. The molecule has 0 unspecified atom stereocenters. The lowest BCUT2D eigenvalue weighted by Gasteiger charge is -2.19. The van der Waals surface area contributed by atoms with Crippen molar-refractivity contribution < 1.29 is 33.0 Å². The molecule has 1 aromatic carbocycles. The standard InChI is InChI=1S/C18H24FNO6/c1-18(2,3)26-17(23)20-9-5-6-16(22)25-11-14(21)13-10-12(19)7-8-15(13)24-4/h7-8,10H,5-6,9,11H2,1-4H3,(H,20,23). The van der Waals surface area contributed by atoms with E-state index in [2.05, 4.69) is 5.32 Å². The Morgan fingerprint density at radius 3 is 2.50 bits per heavy atom. The molecule has 1 aromatic rings. The number of methoxy groups -OCH3 is 1. The molecule has 0 saturated carbocycles. The molecule has 0 fully saturated rings. The average molecular weight is 369 g/mol. The van der Waals surface area contributed by atoms with Crippen LogP contribution >= 0.6 is 0 Å². The van der Waals surface area contributed by atoms with Crippen LogP contribution in [0.1, 0.15) is 44.0 Å². The van der Waals surface area contributed by atoms with E-state index < -0.39 is 35.9 Å². The Bertz CT molecular complexity index is 654. The van der Waals surface area contributed by atoms with E-state index >= 15 is 0 Å². The highest BCUT2D eigenvalue weighted by atomic mass is 19.1. The van der Waals surface area contributed by atoms with Crippen LogP contribution < -0.4 is 10.1 Å². The van der Waals surface area contributed by atoms with Crippen LogP contribution in [0, 0.1) is 5.82 Å². The van der Waals surface area contributed by atoms with Crippen molar-refractivity contribution in [3.05, 3.63) is 29.6 Å². The zero-order valence-electron chi connectivity index (χ0n) is 15.4. The molecule has 144 valence electrons. The van der Waals surface area contributed by atoms with Crippen molar-refractivity contribution in [1.82, 2.24) is 5.32 Å². The molecule has 26 heavy (non-hydrogen) atoms. The van der Waals surface area contributed by atoms with E-state index in [9.17, 15) is 18.8 Å². The number of benzene rings is 1. The number of alkyl carbamates (subject to hydrolysis) is 1. The molecule has 1 amide bonds. The van der Waals surface area contributed by atoms with Crippen molar-refractivity contribution in [2.75, 3.05) is 20.3 Å². The van der Waals surface area contributed by atoms with Crippen molar-refractivity contribution in [2.45, 2.75) is 39.2 Å². The number of hydrogen-bond acceptors (Lipinski definition) is 6. The molecule has 0 aromatic heterocycles. The van der Waals surface area contributed by atoms with Gasteiger partial charge in [0.2, 0.25) is 5.78 Å². The fraction of sp³-hybridized carbons (Fsp3) is 0.500. The quantitative estimate of drug-likeness (QED) is 0.430. The van der Waals surface area contributed by atoms with Gasteiger partial charge in [-0.3, -0.25) is 9.59 Å². The van der Waals surface area contributed by atoms with Gasteiger partial charge in [-0.15, -0.1) is 0 Å². The van der Waals surface area contributed by atoms with Crippen molar-refractivity contribution >= 4 is 17.8 Å². The fourth-order valence-electron chi connectivity index (χ4n) is 1.93. The molecular weight excluding hydrogens is 345 g/mol. The van der Waals surface area contributed by atoms with E-state index in [-0.39, 0.29) is 24.3 Å². The summed E-state index contributed by atoms with van der Waals surface area (Å²) in [5.74, 6) is -1.55. The molecule has 0 saturated heterocycles. The van der Waals surface area contributed by atoms with Gasteiger partial charge < -0.3 is 19.5 Å². The number of ketones is 1. The van der Waals surface area contributed by atoms with Crippen LogP contribution in [0.5, 0.6) is 5.75 Å². The molecule has 0 atom stereocenters. The van der Waals surface area contributed by atoms with E-state index in [1.54, 1.807) is 20.8 Å². The monoisotopic (exact) mass is 369 g/mol. The highest BCUT2D eigenvalue weighted by molar-refractivity contribution is 6.00. The Hall–Kier alpha value is -2.64. The molecule has 1 rings (SSSR count). The number of carbonyl (C=O) groups is 3. The summed E-state index contributed by atoms with van der Waals surface area (Å²) in [7, 11) is 1.35. The van der Waals surface area contributed by atoms with Gasteiger partial charge in [-0.1, -0.05) is 0 Å². The number of rotatable bonds is 8. The molecule has 0 heterocycles. The third kappa shape index (κ3) is 7.96. The average Bonchev–Trinajstić information content (AvgIpc) is 2.55. The first-order valence-corrected chi connectivity index (χ1v) is 8.11. The van der Waals surface area contributed by atoms with Crippen molar-refractivity contribution in [1.29, 1.82) is 0 Å². The highest BCUT2D eigenvalue weighted by Gasteiger charge is 2.17. The van der Waals surface area contributed by atoms with Crippen LogP contribution in [0.2, 0.25) is 0 Å². The van der Waals surface area contributed by atoms with Gasteiger partial charge in [0.1, 0.15) is 17.2 Å². The molecule has 0 aliphatic heterocycles. The summed E-state index contributed by atoms with van der Waals surface area (Å²) < 4.78 is 28.2. The van der Waals surface area contributed by atoms with Crippen LogP contribution in [0.4, 0.5) is 9.18 Å². The molecule has 8 heteroatoms. The Morgan fingerprint density at radius 2 is 1.88 bits per heavy atom. The van der Waals surface area contributed by atoms with Gasteiger partial charge in [-0.2, -0.15) is 0 Å². The number of hydrogen-bond donors (Lipinski definition) is 1.